The molecule has 4 aliphatic carbocycles. The predicted octanol–water partition coefficient (Wildman–Crippen LogP) is 3.30. The summed E-state index contributed by atoms with van der Waals surface area (Å²) in [5.41, 5.74) is -0.676. The number of carbonyl (C=O) groups excluding carboxylic acids is 1. The zero-order valence-corrected chi connectivity index (χ0v) is 10.7. The van der Waals surface area contributed by atoms with Crippen LogP contribution in [0.25, 0.3) is 0 Å². The van der Waals surface area contributed by atoms with Crippen LogP contribution in [0.3, 0.4) is 0 Å². The number of esters is 1. The van der Waals surface area contributed by atoms with Crippen molar-refractivity contribution in [1.29, 1.82) is 0 Å². The third kappa shape index (κ3) is 2.03. The van der Waals surface area contributed by atoms with E-state index in [4.69, 9.17) is 9.29 Å². The molecular weight excluding hydrogens is 262 g/mol. The molecule has 0 aromatic carbocycles. The number of carbonyl (C=O) groups is 1. The van der Waals surface area contributed by atoms with Crippen LogP contribution in [0.15, 0.2) is 0 Å². The minimum Gasteiger partial charge on any atom is -0.454 e. The third-order valence-corrected chi connectivity index (χ3v) is 5.04. The average Bonchev–Trinajstić information content (AvgIpc) is 2.26. The fraction of sp³-hybridized carbons (Fsp3) is 0.917. The molecule has 4 rings (SSSR count). The van der Waals surface area contributed by atoms with Gasteiger partial charge in [-0.1, -0.05) is 0 Å². The molecule has 18 heavy (non-hydrogen) atoms. The molecule has 0 aromatic heterocycles. The maximum Gasteiger partial charge on any atom is 0.412 e. The van der Waals surface area contributed by atoms with Crippen LogP contribution < -0.4 is 0 Å². The summed E-state index contributed by atoms with van der Waals surface area (Å²) in [6.45, 7) is 0. The lowest BCUT2D eigenvalue weighted by molar-refractivity contribution is -0.200. The van der Waals surface area contributed by atoms with Gasteiger partial charge in [-0.2, -0.15) is 8.78 Å². The zero-order chi connectivity index (χ0) is 13.0. The quantitative estimate of drug-likeness (QED) is 0.635. The third-order valence-electron chi connectivity index (χ3n) is 4.64. The van der Waals surface area contributed by atoms with Gasteiger partial charge in [0.1, 0.15) is 5.60 Å². The van der Waals surface area contributed by atoms with Crippen LogP contribution in [0.5, 0.6) is 0 Å². The average molecular weight is 278 g/mol. The van der Waals surface area contributed by atoms with E-state index >= 15 is 0 Å². The SMILES string of the molecule is O=C(OC12CC3CC(CC(C3)C1)C2)C(F)(F)SO. The van der Waals surface area contributed by atoms with Crippen molar-refractivity contribution in [2.24, 2.45) is 17.8 Å². The van der Waals surface area contributed by atoms with Crippen LogP contribution in [-0.4, -0.2) is 21.4 Å². The van der Waals surface area contributed by atoms with Crippen LogP contribution >= 0.6 is 12.0 Å². The molecule has 1 N–H and O–H groups in total. The first-order chi connectivity index (χ1) is 8.42. The van der Waals surface area contributed by atoms with E-state index in [2.05, 4.69) is 0 Å². The molecule has 0 amide bonds. The number of ether oxygens (including phenoxy) is 1. The van der Waals surface area contributed by atoms with Crippen molar-refractivity contribution >= 4 is 18.0 Å². The summed E-state index contributed by atoms with van der Waals surface area (Å²) in [5, 5.41) is -3.84. The Hall–Kier alpha value is -0.360. The maximum absolute atomic E-state index is 13.1. The van der Waals surface area contributed by atoms with Crippen LogP contribution in [0, 0.1) is 17.8 Å². The molecule has 4 saturated carbocycles. The van der Waals surface area contributed by atoms with Crippen molar-refractivity contribution in [3.05, 3.63) is 0 Å². The number of halogens is 2. The smallest absolute Gasteiger partial charge is 0.412 e. The Kier molecular flexibility index (Phi) is 2.86. The summed E-state index contributed by atoms with van der Waals surface area (Å²) in [7, 11) is 0. The van der Waals surface area contributed by atoms with Gasteiger partial charge in [0, 0.05) is 0 Å². The van der Waals surface area contributed by atoms with Gasteiger partial charge in [0.05, 0.1) is 12.0 Å². The number of alkyl halides is 2. The molecule has 4 aliphatic rings. The molecule has 0 atom stereocenters. The molecule has 0 heterocycles. The van der Waals surface area contributed by atoms with Gasteiger partial charge >= 0.3 is 11.2 Å². The standard InChI is InChI=1S/C12H16F2O3S/c13-12(14,18-16)10(15)17-11-4-7-1-8(5-11)3-9(2-7)6-11/h7-9,16H,1-6H2. The normalized spacial score (nSPS) is 42.1. The van der Waals surface area contributed by atoms with Crippen molar-refractivity contribution in [2.45, 2.75) is 49.4 Å². The summed E-state index contributed by atoms with van der Waals surface area (Å²) in [4.78, 5) is 11.4. The highest BCUT2D eigenvalue weighted by Gasteiger charge is 2.55. The van der Waals surface area contributed by atoms with E-state index in [1.807, 2.05) is 0 Å². The van der Waals surface area contributed by atoms with Crippen LogP contribution in [0.2, 0.25) is 0 Å². The first kappa shape index (κ1) is 12.7. The molecule has 0 aromatic rings. The molecule has 6 heteroatoms. The van der Waals surface area contributed by atoms with Crippen molar-refractivity contribution < 1.29 is 22.9 Å². The number of rotatable bonds is 3. The molecule has 4 fully saturated rings. The molecule has 0 radical (unpaired) electrons. The van der Waals surface area contributed by atoms with Crippen LogP contribution in [-0.2, 0) is 9.53 Å². The van der Waals surface area contributed by atoms with E-state index < -0.39 is 28.9 Å². The second-order valence-corrected chi connectivity index (χ2v) is 6.79. The van der Waals surface area contributed by atoms with Gasteiger partial charge in [0.25, 0.3) is 0 Å². The highest BCUT2D eigenvalue weighted by molar-refractivity contribution is 7.95. The Morgan fingerprint density at radius 2 is 1.61 bits per heavy atom. The largest absolute Gasteiger partial charge is 0.454 e. The van der Waals surface area contributed by atoms with Crippen molar-refractivity contribution in [3.63, 3.8) is 0 Å². The lowest BCUT2D eigenvalue weighted by Crippen LogP contribution is -2.54. The predicted molar refractivity (Wildman–Crippen MR) is 62.2 cm³/mol. The van der Waals surface area contributed by atoms with E-state index in [9.17, 15) is 13.6 Å². The summed E-state index contributed by atoms with van der Waals surface area (Å²) < 4.78 is 39.7. The molecule has 0 aliphatic heterocycles. The van der Waals surface area contributed by atoms with Gasteiger partial charge in [0.15, 0.2) is 0 Å². The minimum atomic E-state index is -3.84. The monoisotopic (exact) mass is 278 g/mol. The maximum atomic E-state index is 13.1. The minimum absolute atomic E-state index is 0.527. The fourth-order valence-electron chi connectivity index (χ4n) is 4.45. The Morgan fingerprint density at radius 1 is 1.17 bits per heavy atom. The van der Waals surface area contributed by atoms with Crippen molar-refractivity contribution in [3.8, 4) is 0 Å². The Labute approximate surface area is 108 Å². The molecule has 0 saturated heterocycles. The van der Waals surface area contributed by atoms with Gasteiger partial charge in [-0.25, -0.2) is 4.79 Å². The first-order valence-corrected chi connectivity index (χ1v) is 7.14. The first-order valence-electron chi connectivity index (χ1n) is 6.36. The van der Waals surface area contributed by atoms with E-state index in [1.54, 1.807) is 0 Å². The summed E-state index contributed by atoms with van der Waals surface area (Å²) >= 11 is -0.744. The van der Waals surface area contributed by atoms with E-state index in [0.717, 1.165) is 38.5 Å². The Morgan fingerprint density at radius 3 is 2.00 bits per heavy atom. The topological polar surface area (TPSA) is 46.5 Å². The second-order valence-electron chi connectivity index (χ2n) is 6.10. The van der Waals surface area contributed by atoms with Gasteiger partial charge < -0.3 is 9.29 Å². The molecule has 3 nitrogen and oxygen atoms in total. The lowest BCUT2D eigenvalue weighted by Gasteiger charge is -2.55. The molecular formula is C12H16F2O3S. The Bertz CT molecular complexity index is 337. The highest BCUT2D eigenvalue weighted by Crippen LogP contribution is 2.57. The number of hydrogen-bond donors (Lipinski definition) is 1. The van der Waals surface area contributed by atoms with Crippen LogP contribution in [0.1, 0.15) is 38.5 Å². The summed E-state index contributed by atoms with van der Waals surface area (Å²) in [6, 6.07) is 0. The van der Waals surface area contributed by atoms with Gasteiger partial charge in [-0.3, -0.25) is 0 Å². The zero-order valence-electron chi connectivity index (χ0n) is 9.90. The molecule has 102 valence electrons. The van der Waals surface area contributed by atoms with Gasteiger partial charge in [-0.05, 0) is 56.3 Å². The van der Waals surface area contributed by atoms with Crippen molar-refractivity contribution in [1.82, 2.24) is 0 Å². The summed E-state index contributed by atoms with van der Waals surface area (Å²) in [6.07, 6.45) is 5.62. The molecule has 0 unspecified atom stereocenters. The van der Waals surface area contributed by atoms with Gasteiger partial charge in [0.2, 0.25) is 0 Å². The lowest BCUT2D eigenvalue weighted by atomic mass is 9.54. The summed E-state index contributed by atoms with van der Waals surface area (Å²) in [5.74, 6) is -0.00435. The second kappa shape index (κ2) is 4.07. The van der Waals surface area contributed by atoms with E-state index in [-0.39, 0.29) is 0 Å². The molecule has 4 bridgehead atoms. The fourth-order valence-corrected chi connectivity index (χ4v) is 4.57. The number of hydrogen-bond acceptors (Lipinski definition) is 4. The van der Waals surface area contributed by atoms with Crippen molar-refractivity contribution in [2.75, 3.05) is 0 Å². The highest BCUT2D eigenvalue weighted by atomic mass is 32.2. The van der Waals surface area contributed by atoms with E-state index in [1.165, 1.54) is 0 Å². The van der Waals surface area contributed by atoms with Gasteiger partial charge in [-0.15, -0.1) is 0 Å². The molecule has 0 spiro atoms. The Balaban J connectivity index is 1.74. The van der Waals surface area contributed by atoms with E-state index in [0.29, 0.717) is 17.8 Å². The van der Waals surface area contributed by atoms with Crippen LogP contribution in [0.4, 0.5) is 8.78 Å².